The summed E-state index contributed by atoms with van der Waals surface area (Å²) in [7, 11) is 2.09. The van der Waals surface area contributed by atoms with Gasteiger partial charge in [-0.05, 0) is 53.4 Å². The molecule has 3 heterocycles. The van der Waals surface area contributed by atoms with Crippen LogP contribution in [-0.4, -0.2) is 52.6 Å². The number of aromatic nitrogens is 3. The lowest BCUT2D eigenvalue weighted by Crippen LogP contribution is -2.38. The Morgan fingerprint density at radius 1 is 1.25 bits per heavy atom. The van der Waals surface area contributed by atoms with Crippen LogP contribution >= 0.6 is 39.5 Å². The number of morpholine rings is 1. The van der Waals surface area contributed by atoms with Crippen molar-refractivity contribution in [3.8, 4) is 5.69 Å². The lowest BCUT2D eigenvalue weighted by Gasteiger charge is -2.27. The van der Waals surface area contributed by atoms with E-state index in [-0.39, 0.29) is 0 Å². The van der Waals surface area contributed by atoms with Gasteiger partial charge >= 0.3 is 0 Å². The van der Waals surface area contributed by atoms with E-state index in [0.29, 0.717) is 24.7 Å². The van der Waals surface area contributed by atoms with Gasteiger partial charge in [-0.2, -0.15) is 0 Å². The summed E-state index contributed by atoms with van der Waals surface area (Å²) in [4.78, 5) is 5.77. The van der Waals surface area contributed by atoms with Crippen molar-refractivity contribution in [2.75, 3.05) is 38.3 Å². The quantitative estimate of drug-likeness (QED) is 0.496. The molecule has 0 amide bonds. The number of hydrogen-bond donors (Lipinski definition) is 0. The Hall–Kier alpha value is -1.52. The van der Waals surface area contributed by atoms with Gasteiger partial charge in [0.05, 0.1) is 25.6 Å². The number of rotatable bonds is 6. The van der Waals surface area contributed by atoms with E-state index in [4.69, 9.17) is 22.1 Å². The normalized spacial score (nSPS) is 14.8. The molecule has 2 aromatic heterocycles. The number of halogens is 1. The molecule has 4 rings (SSSR count). The second-order valence-corrected chi connectivity index (χ2v) is 9.02. The molecule has 1 saturated heterocycles. The fourth-order valence-electron chi connectivity index (χ4n) is 3.24. The average Bonchev–Trinajstić information content (AvgIpc) is 3.26. The van der Waals surface area contributed by atoms with Gasteiger partial charge in [-0.15, -0.1) is 16.4 Å². The van der Waals surface area contributed by atoms with E-state index in [1.54, 1.807) is 11.3 Å². The molecule has 0 spiro atoms. The number of anilines is 1. The zero-order valence-corrected chi connectivity index (χ0v) is 18.8. The maximum atomic E-state index is 5.83. The average molecular weight is 480 g/mol. The Morgan fingerprint density at radius 3 is 2.68 bits per heavy atom. The molecule has 1 aliphatic rings. The maximum Gasteiger partial charge on any atom is 0.230 e. The predicted molar refractivity (Wildman–Crippen MR) is 119 cm³/mol. The molecular formula is C19H22BrN5OS2. The molecular weight excluding hydrogens is 458 g/mol. The monoisotopic (exact) mass is 479 g/mol. The van der Waals surface area contributed by atoms with E-state index >= 15 is 0 Å². The highest BCUT2D eigenvalue weighted by Crippen LogP contribution is 2.23. The lowest BCUT2D eigenvalue weighted by atomic mass is 10.3. The lowest BCUT2D eigenvalue weighted by molar-refractivity contribution is 0.121. The minimum atomic E-state index is 0.630. The van der Waals surface area contributed by atoms with E-state index in [1.807, 2.05) is 22.9 Å². The smallest absolute Gasteiger partial charge is 0.230 e. The highest BCUT2D eigenvalue weighted by atomic mass is 79.9. The summed E-state index contributed by atoms with van der Waals surface area (Å²) in [5.74, 6) is 0.881. The van der Waals surface area contributed by atoms with Crippen LogP contribution < -0.4 is 4.90 Å². The fourth-order valence-corrected chi connectivity index (χ4v) is 5.06. The molecule has 1 aromatic carbocycles. The van der Waals surface area contributed by atoms with Gasteiger partial charge in [-0.1, -0.05) is 18.2 Å². The minimum Gasteiger partial charge on any atom is -0.378 e. The van der Waals surface area contributed by atoms with E-state index in [1.165, 1.54) is 4.88 Å². The predicted octanol–water partition coefficient (Wildman–Crippen LogP) is 4.15. The summed E-state index contributed by atoms with van der Waals surface area (Å²) in [6.07, 6.45) is 0. The minimum absolute atomic E-state index is 0.630. The second kappa shape index (κ2) is 8.87. The number of ether oxygens (including phenoxy) is 1. The highest BCUT2D eigenvalue weighted by molar-refractivity contribution is 9.10. The van der Waals surface area contributed by atoms with Crippen LogP contribution in [0, 0.1) is 4.77 Å². The third-order valence-corrected chi connectivity index (χ3v) is 6.63. The van der Waals surface area contributed by atoms with Gasteiger partial charge in [-0.3, -0.25) is 9.47 Å². The molecule has 6 nitrogen and oxygen atoms in total. The zero-order valence-electron chi connectivity index (χ0n) is 15.6. The van der Waals surface area contributed by atoms with Crippen molar-refractivity contribution >= 4 is 45.4 Å². The Labute approximate surface area is 182 Å². The molecule has 0 unspecified atom stereocenters. The van der Waals surface area contributed by atoms with Crippen molar-refractivity contribution in [1.82, 2.24) is 19.2 Å². The first-order valence-corrected chi connectivity index (χ1v) is 11.2. The summed E-state index contributed by atoms with van der Waals surface area (Å²) in [5.41, 5.74) is 1.03. The van der Waals surface area contributed by atoms with E-state index < -0.39 is 0 Å². The first-order chi connectivity index (χ1) is 13.6. The van der Waals surface area contributed by atoms with Gasteiger partial charge in [0.2, 0.25) is 10.7 Å². The van der Waals surface area contributed by atoms with Crippen LogP contribution in [0.1, 0.15) is 4.88 Å². The molecule has 0 saturated carbocycles. The van der Waals surface area contributed by atoms with Crippen molar-refractivity contribution in [3.63, 3.8) is 0 Å². The largest absolute Gasteiger partial charge is 0.378 e. The Kier molecular flexibility index (Phi) is 6.27. The molecule has 1 fully saturated rings. The zero-order chi connectivity index (χ0) is 19.5. The third-order valence-electron chi connectivity index (χ3n) is 4.55. The number of nitrogens with zero attached hydrogens (tertiary/aromatic N) is 5. The summed E-state index contributed by atoms with van der Waals surface area (Å²) in [6.45, 7) is 4.53. The summed E-state index contributed by atoms with van der Waals surface area (Å²) < 4.78 is 11.3. The SMILES string of the molecule is CN(Cc1cc(Br)cs1)Cn1nc(N2CCOCC2)n(-c2ccccc2)c1=S. The molecule has 28 heavy (non-hydrogen) atoms. The number of thiophene rings is 1. The van der Waals surface area contributed by atoms with Gasteiger partial charge in [0, 0.05) is 34.4 Å². The van der Waals surface area contributed by atoms with Gasteiger partial charge in [-0.25, -0.2) is 4.68 Å². The Morgan fingerprint density at radius 2 is 2.00 bits per heavy atom. The van der Waals surface area contributed by atoms with E-state index in [2.05, 4.69) is 60.9 Å². The van der Waals surface area contributed by atoms with Gasteiger partial charge < -0.3 is 9.64 Å². The van der Waals surface area contributed by atoms with Gasteiger partial charge in [0.1, 0.15) is 0 Å². The van der Waals surface area contributed by atoms with Crippen LogP contribution in [0.25, 0.3) is 5.69 Å². The highest BCUT2D eigenvalue weighted by Gasteiger charge is 2.21. The maximum absolute atomic E-state index is 5.83. The molecule has 9 heteroatoms. The van der Waals surface area contributed by atoms with Crippen LogP contribution in [0.2, 0.25) is 0 Å². The number of hydrogen-bond acceptors (Lipinski definition) is 6. The summed E-state index contributed by atoms with van der Waals surface area (Å²) in [5, 5.41) is 7.00. The van der Waals surface area contributed by atoms with Crippen molar-refractivity contribution in [3.05, 3.63) is 55.9 Å². The van der Waals surface area contributed by atoms with Gasteiger partial charge in [0.25, 0.3) is 0 Å². The van der Waals surface area contributed by atoms with Crippen LogP contribution in [0.3, 0.4) is 0 Å². The third kappa shape index (κ3) is 4.38. The second-order valence-electron chi connectivity index (χ2n) is 6.74. The van der Waals surface area contributed by atoms with Crippen molar-refractivity contribution in [2.24, 2.45) is 0 Å². The first-order valence-electron chi connectivity index (χ1n) is 9.11. The molecule has 3 aromatic rings. The Balaban J connectivity index is 1.64. The molecule has 1 aliphatic heterocycles. The van der Waals surface area contributed by atoms with Crippen LogP contribution in [-0.2, 0) is 18.0 Å². The van der Waals surface area contributed by atoms with Crippen LogP contribution in [0.4, 0.5) is 5.95 Å². The van der Waals surface area contributed by atoms with Crippen molar-refractivity contribution in [1.29, 1.82) is 0 Å². The number of benzene rings is 1. The van der Waals surface area contributed by atoms with Crippen LogP contribution in [0.15, 0.2) is 46.3 Å². The fraction of sp³-hybridized carbons (Fsp3) is 0.368. The van der Waals surface area contributed by atoms with E-state index in [9.17, 15) is 0 Å². The molecule has 148 valence electrons. The molecule has 0 bridgehead atoms. The summed E-state index contributed by atoms with van der Waals surface area (Å²) in [6, 6.07) is 12.4. The Bertz CT molecular complexity index is 978. The van der Waals surface area contributed by atoms with Crippen molar-refractivity contribution < 1.29 is 4.74 Å². The van der Waals surface area contributed by atoms with Gasteiger partial charge in [0.15, 0.2) is 0 Å². The van der Waals surface area contributed by atoms with Crippen LogP contribution in [0.5, 0.6) is 0 Å². The standard InChI is InChI=1S/C19H22BrN5OS2/c1-22(12-17-11-15(20)13-28-17)14-24-19(27)25(16-5-3-2-4-6-16)18(21-24)23-7-9-26-10-8-23/h2-6,11,13H,7-10,12,14H2,1H3. The van der Waals surface area contributed by atoms with Crippen molar-refractivity contribution in [2.45, 2.75) is 13.2 Å². The molecule has 0 atom stereocenters. The summed E-state index contributed by atoms with van der Waals surface area (Å²) >= 11 is 11.1. The molecule has 0 N–H and O–H groups in total. The molecule has 0 aliphatic carbocycles. The molecule has 0 radical (unpaired) electrons. The topological polar surface area (TPSA) is 38.5 Å². The number of para-hydroxylation sites is 1. The first kappa shape index (κ1) is 19.8. The van der Waals surface area contributed by atoms with E-state index in [0.717, 1.165) is 35.7 Å².